The highest BCUT2D eigenvalue weighted by molar-refractivity contribution is 7.91. The summed E-state index contributed by atoms with van der Waals surface area (Å²) >= 11 is 0. The monoisotopic (exact) mass is 466 g/mol. The van der Waals surface area contributed by atoms with Crippen LogP contribution in [0.1, 0.15) is 37.7 Å². The number of benzene rings is 1. The molecule has 1 fully saturated rings. The fourth-order valence-corrected chi connectivity index (χ4v) is 3.91. The summed E-state index contributed by atoms with van der Waals surface area (Å²) in [6.07, 6.45) is 7.35. The largest absolute Gasteiger partial charge is 0.623 e. The molecule has 1 saturated heterocycles. The first-order valence-corrected chi connectivity index (χ1v) is 12.2. The molecule has 11 heteroatoms. The van der Waals surface area contributed by atoms with Gasteiger partial charge in [-0.15, -0.1) is 0 Å². The van der Waals surface area contributed by atoms with E-state index in [1.807, 2.05) is 30.3 Å². The van der Waals surface area contributed by atoms with Crippen molar-refractivity contribution in [1.29, 1.82) is 0 Å². The van der Waals surface area contributed by atoms with E-state index < -0.39 is 34.2 Å². The smallest absolute Gasteiger partial charge is 0.497 e. The van der Waals surface area contributed by atoms with E-state index in [1.165, 1.54) is 11.0 Å². The molecule has 1 heterocycles. The molecular formula is C21H31BN2O7S. The van der Waals surface area contributed by atoms with Gasteiger partial charge < -0.3 is 14.0 Å². The van der Waals surface area contributed by atoms with E-state index in [1.54, 1.807) is 13.1 Å². The maximum absolute atomic E-state index is 12.0. The quantitative estimate of drug-likeness (QED) is 0.279. The summed E-state index contributed by atoms with van der Waals surface area (Å²) in [4.78, 5) is 25.2. The molecule has 0 radical (unpaired) electrons. The summed E-state index contributed by atoms with van der Waals surface area (Å²) in [6.45, 7) is 0.986. The predicted octanol–water partition coefficient (Wildman–Crippen LogP) is 1.43. The Hall–Kier alpha value is -2.21. The lowest BCUT2D eigenvalue weighted by Gasteiger charge is -2.24. The first-order valence-electron chi connectivity index (χ1n) is 10.6. The molecule has 9 nitrogen and oxygen atoms in total. The van der Waals surface area contributed by atoms with Gasteiger partial charge in [0.2, 0.25) is 10.0 Å². The number of primary sulfonamides is 1. The lowest BCUT2D eigenvalue weighted by molar-refractivity contribution is -0.145. The minimum atomic E-state index is -4.16. The van der Waals surface area contributed by atoms with Crippen molar-refractivity contribution < 1.29 is 32.1 Å². The molecule has 1 aromatic carbocycles. The molecule has 1 atom stereocenters. The molecule has 1 aromatic rings. The number of allylic oxidation sites excluding steroid dienone is 1. The normalized spacial score (nSPS) is 17.0. The van der Waals surface area contributed by atoms with Crippen molar-refractivity contribution in [3.63, 3.8) is 0 Å². The highest BCUT2D eigenvalue weighted by atomic mass is 32.2. The molecule has 0 aromatic heterocycles. The van der Waals surface area contributed by atoms with Crippen molar-refractivity contribution in [3.8, 4) is 0 Å². The minimum Gasteiger partial charge on any atom is -0.497 e. The molecular weight excluding hydrogens is 435 g/mol. The van der Waals surface area contributed by atoms with Crippen LogP contribution in [0.25, 0.3) is 0 Å². The fraction of sp³-hybridized carbons (Fsp3) is 0.524. The first kappa shape index (κ1) is 26.1. The SMILES string of the molecule is CN1CC(=O)OB(C(/C=C/CCCCCCOCc2ccccc2)S(N)(=O)=O)OC(=O)C1. The van der Waals surface area contributed by atoms with E-state index >= 15 is 0 Å². The Bertz CT molecular complexity index is 844. The Kier molecular flexibility index (Phi) is 10.9. The number of carbonyl (C=O) groups excluding carboxylic acids is 2. The summed E-state index contributed by atoms with van der Waals surface area (Å²) in [5.41, 5.74) is 1.15. The molecule has 0 aliphatic carbocycles. The van der Waals surface area contributed by atoms with Crippen LogP contribution in [0.5, 0.6) is 0 Å². The number of nitrogens with zero attached hydrogens (tertiary/aromatic N) is 1. The van der Waals surface area contributed by atoms with Gasteiger partial charge in [0, 0.05) is 6.61 Å². The number of nitrogens with two attached hydrogens (primary N) is 1. The summed E-state index contributed by atoms with van der Waals surface area (Å²) in [5, 5.41) is 3.83. The Morgan fingerprint density at radius 2 is 1.72 bits per heavy atom. The van der Waals surface area contributed by atoms with E-state index in [0.29, 0.717) is 19.6 Å². The number of unbranched alkanes of at least 4 members (excludes halogenated alkanes) is 4. The molecule has 32 heavy (non-hydrogen) atoms. The Balaban J connectivity index is 1.71. The van der Waals surface area contributed by atoms with Crippen molar-refractivity contribution >= 4 is 29.1 Å². The van der Waals surface area contributed by atoms with Gasteiger partial charge in [-0.25, -0.2) is 13.6 Å². The number of ether oxygens (including phenoxy) is 1. The second-order valence-corrected chi connectivity index (χ2v) is 9.47. The van der Waals surface area contributed by atoms with Crippen molar-refractivity contribution in [2.75, 3.05) is 26.7 Å². The molecule has 2 N–H and O–H groups in total. The molecule has 0 bridgehead atoms. The van der Waals surface area contributed by atoms with Crippen molar-refractivity contribution in [2.45, 2.75) is 43.9 Å². The standard InChI is InChI=1S/C21H31BN2O7S/c1-24-15-20(25)30-22(31-21(26)16-24)19(32(23,27)28)13-9-4-2-3-5-10-14-29-17-18-11-7-6-8-12-18/h6-9,11-13,19H,2-5,10,14-17H2,1H3,(H2,23,27,28)/b13-9+. The zero-order valence-corrected chi connectivity index (χ0v) is 19.2. The van der Waals surface area contributed by atoms with Crippen LogP contribution >= 0.6 is 0 Å². The number of likely N-dealkylation sites (N-methyl/N-ethyl adjacent to an activating group) is 1. The van der Waals surface area contributed by atoms with Crippen LogP contribution in [-0.2, 0) is 40.3 Å². The maximum Gasteiger partial charge on any atom is 0.623 e. The molecule has 1 aliphatic rings. The van der Waals surface area contributed by atoms with Gasteiger partial charge in [-0.2, -0.15) is 0 Å². The number of hydrogen-bond donors (Lipinski definition) is 1. The molecule has 2 rings (SSSR count). The van der Waals surface area contributed by atoms with Crippen LogP contribution in [0.2, 0.25) is 0 Å². The van der Waals surface area contributed by atoms with Crippen LogP contribution in [0.4, 0.5) is 0 Å². The number of sulfonamides is 1. The van der Waals surface area contributed by atoms with Crippen LogP contribution in [-0.4, -0.2) is 64.3 Å². The summed E-state index contributed by atoms with van der Waals surface area (Å²) in [6, 6.07) is 9.99. The molecule has 0 spiro atoms. The van der Waals surface area contributed by atoms with Gasteiger partial charge in [-0.3, -0.25) is 14.5 Å². The first-order chi connectivity index (χ1) is 15.3. The average Bonchev–Trinajstić information content (AvgIpc) is 2.70. The Morgan fingerprint density at radius 1 is 1.09 bits per heavy atom. The number of hydrogen-bond acceptors (Lipinski definition) is 8. The summed E-state index contributed by atoms with van der Waals surface area (Å²) in [7, 11) is -4.20. The second kappa shape index (κ2) is 13.4. The number of rotatable bonds is 12. The van der Waals surface area contributed by atoms with Gasteiger partial charge >= 0.3 is 19.1 Å². The van der Waals surface area contributed by atoms with Crippen LogP contribution in [0.15, 0.2) is 42.5 Å². The average molecular weight is 466 g/mol. The third-order valence-corrected chi connectivity index (χ3v) is 5.93. The Labute approximate surface area is 190 Å². The van der Waals surface area contributed by atoms with Gasteiger partial charge in [0.25, 0.3) is 0 Å². The molecule has 1 aliphatic heterocycles. The second-order valence-electron chi connectivity index (χ2n) is 7.74. The van der Waals surface area contributed by atoms with E-state index in [9.17, 15) is 18.0 Å². The Morgan fingerprint density at radius 3 is 2.34 bits per heavy atom. The zero-order chi connectivity index (χ0) is 23.4. The lowest BCUT2D eigenvalue weighted by Crippen LogP contribution is -2.51. The highest BCUT2D eigenvalue weighted by Gasteiger charge is 2.44. The van der Waals surface area contributed by atoms with Crippen molar-refractivity contribution in [2.24, 2.45) is 5.14 Å². The van der Waals surface area contributed by atoms with Crippen LogP contribution in [0.3, 0.4) is 0 Å². The van der Waals surface area contributed by atoms with Gasteiger partial charge in [-0.05, 0) is 31.9 Å². The van der Waals surface area contributed by atoms with Gasteiger partial charge in [0.15, 0.2) is 5.15 Å². The van der Waals surface area contributed by atoms with Crippen LogP contribution in [0, 0.1) is 0 Å². The molecule has 176 valence electrons. The van der Waals surface area contributed by atoms with Crippen molar-refractivity contribution in [3.05, 3.63) is 48.0 Å². The maximum atomic E-state index is 12.0. The van der Waals surface area contributed by atoms with Gasteiger partial charge in [0.1, 0.15) is 0 Å². The highest BCUT2D eigenvalue weighted by Crippen LogP contribution is 2.12. The van der Waals surface area contributed by atoms with E-state index in [-0.39, 0.29) is 13.1 Å². The van der Waals surface area contributed by atoms with E-state index in [0.717, 1.165) is 31.2 Å². The topological polar surface area (TPSA) is 125 Å². The predicted molar refractivity (Wildman–Crippen MR) is 121 cm³/mol. The lowest BCUT2D eigenvalue weighted by atomic mass is 9.83. The van der Waals surface area contributed by atoms with E-state index in [2.05, 4.69) is 0 Å². The number of carbonyl (C=O) groups is 2. The van der Waals surface area contributed by atoms with Gasteiger partial charge in [0.05, 0.1) is 19.7 Å². The molecule has 0 amide bonds. The summed E-state index contributed by atoms with van der Waals surface area (Å²) < 4.78 is 39.7. The third-order valence-electron chi connectivity index (χ3n) is 4.79. The van der Waals surface area contributed by atoms with Crippen molar-refractivity contribution in [1.82, 2.24) is 4.90 Å². The molecule has 0 saturated carbocycles. The minimum absolute atomic E-state index is 0.151. The van der Waals surface area contributed by atoms with Crippen LogP contribution < -0.4 is 5.14 Å². The zero-order valence-electron chi connectivity index (χ0n) is 18.4. The molecule has 1 unspecified atom stereocenters. The van der Waals surface area contributed by atoms with Gasteiger partial charge in [-0.1, -0.05) is 55.3 Å². The summed E-state index contributed by atoms with van der Waals surface area (Å²) in [5.74, 6) is -1.39. The third kappa shape index (κ3) is 9.95. The van der Waals surface area contributed by atoms with E-state index in [4.69, 9.17) is 19.2 Å². The fourth-order valence-electron chi connectivity index (χ4n) is 3.16.